The molecule has 0 spiro atoms. The van der Waals surface area contributed by atoms with E-state index in [9.17, 15) is 4.79 Å². The number of methoxy groups -OCH3 is 3. The first-order chi connectivity index (χ1) is 13.5. The van der Waals surface area contributed by atoms with E-state index in [0.717, 1.165) is 42.0 Å². The number of carbonyl (C=O) groups is 1. The first-order valence-electron chi connectivity index (χ1n) is 9.13. The van der Waals surface area contributed by atoms with E-state index in [1.807, 2.05) is 18.2 Å². The van der Waals surface area contributed by atoms with Crippen LogP contribution in [0.15, 0.2) is 34.8 Å². The van der Waals surface area contributed by atoms with Crippen LogP contribution < -0.4 is 19.5 Å². The van der Waals surface area contributed by atoms with Crippen molar-refractivity contribution in [2.75, 3.05) is 41.0 Å². The van der Waals surface area contributed by atoms with E-state index in [0.29, 0.717) is 17.9 Å². The van der Waals surface area contributed by atoms with Gasteiger partial charge in [0.2, 0.25) is 0 Å². The number of rotatable bonds is 7. The molecule has 0 aliphatic carbocycles. The third kappa shape index (κ3) is 4.59. The predicted octanol–water partition coefficient (Wildman–Crippen LogP) is 3.26. The summed E-state index contributed by atoms with van der Waals surface area (Å²) in [5.41, 5.74) is 3.10. The highest BCUT2D eigenvalue weighted by molar-refractivity contribution is 9.10. The summed E-state index contributed by atoms with van der Waals surface area (Å²) < 4.78 is 16.8. The summed E-state index contributed by atoms with van der Waals surface area (Å²) in [5, 5.41) is 2.99. The van der Waals surface area contributed by atoms with E-state index in [1.165, 1.54) is 11.1 Å². The molecule has 2 aromatic rings. The Labute approximate surface area is 173 Å². The second-order valence-corrected chi connectivity index (χ2v) is 7.46. The SMILES string of the molecule is COc1ccc(Br)c(C(=O)NCCN2CCc3cc(OC)c(OC)cc3C2)c1. The fourth-order valence-corrected chi connectivity index (χ4v) is 3.79. The van der Waals surface area contributed by atoms with Gasteiger partial charge in [-0.2, -0.15) is 0 Å². The quantitative estimate of drug-likeness (QED) is 0.704. The van der Waals surface area contributed by atoms with Crippen molar-refractivity contribution in [3.8, 4) is 17.2 Å². The minimum atomic E-state index is -0.116. The van der Waals surface area contributed by atoms with Crippen LogP contribution >= 0.6 is 15.9 Å². The van der Waals surface area contributed by atoms with Crippen molar-refractivity contribution < 1.29 is 19.0 Å². The van der Waals surface area contributed by atoms with Gasteiger partial charge < -0.3 is 19.5 Å². The van der Waals surface area contributed by atoms with Crippen LogP contribution in [0, 0.1) is 0 Å². The summed E-state index contributed by atoms with van der Waals surface area (Å²) in [6.45, 7) is 3.13. The smallest absolute Gasteiger partial charge is 0.252 e. The summed E-state index contributed by atoms with van der Waals surface area (Å²) in [6, 6.07) is 9.47. The Kier molecular flexibility index (Phi) is 6.80. The number of benzene rings is 2. The van der Waals surface area contributed by atoms with Gasteiger partial charge in [-0.05, 0) is 63.8 Å². The van der Waals surface area contributed by atoms with Crippen LogP contribution in [0.3, 0.4) is 0 Å². The molecule has 0 atom stereocenters. The molecule has 1 aliphatic heterocycles. The molecule has 1 amide bonds. The van der Waals surface area contributed by atoms with Gasteiger partial charge in [0.25, 0.3) is 5.91 Å². The van der Waals surface area contributed by atoms with Gasteiger partial charge >= 0.3 is 0 Å². The van der Waals surface area contributed by atoms with Gasteiger partial charge in [0, 0.05) is 30.7 Å². The molecule has 1 N–H and O–H groups in total. The molecule has 0 bridgehead atoms. The average molecular weight is 449 g/mol. The van der Waals surface area contributed by atoms with Crippen LogP contribution in [0.25, 0.3) is 0 Å². The molecule has 0 radical (unpaired) electrons. The molecule has 3 rings (SSSR count). The lowest BCUT2D eigenvalue weighted by Gasteiger charge is -2.29. The van der Waals surface area contributed by atoms with Crippen molar-refractivity contribution in [2.45, 2.75) is 13.0 Å². The molecule has 150 valence electrons. The molecule has 0 saturated heterocycles. The van der Waals surface area contributed by atoms with Crippen LogP contribution in [0.5, 0.6) is 17.2 Å². The number of amides is 1. The number of hydrogen-bond acceptors (Lipinski definition) is 5. The number of halogens is 1. The van der Waals surface area contributed by atoms with E-state index >= 15 is 0 Å². The average Bonchev–Trinajstić information content (AvgIpc) is 2.72. The van der Waals surface area contributed by atoms with Crippen LogP contribution in [-0.4, -0.2) is 51.8 Å². The number of carbonyl (C=O) groups excluding carboxylic acids is 1. The molecular weight excluding hydrogens is 424 g/mol. The Hall–Kier alpha value is -2.25. The van der Waals surface area contributed by atoms with E-state index in [1.54, 1.807) is 27.4 Å². The lowest BCUT2D eigenvalue weighted by molar-refractivity contribution is 0.0946. The van der Waals surface area contributed by atoms with Gasteiger partial charge in [-0.1, -0.05) is 0 Å². The molecular formula is C21H25BrN2O4. The van der Waals surface area contributed by atoms with Crippen molar-refractivity contribution >= 4 is 21.8 Å². The van der Waals surface area contributed by atoms with Gasteiger partial charge in [0.1, 0.15) is 5.75 Å². The van der Waals surface area contributed by atoms with Gasteiger partial charge in [0.05, 0.1) is 26.9 Å². The molecule has 0 fully saturated rings. The summed E-state index contributed by atoms with van der Waals surface area (Å²) in [5.74, 6) is 2.06. The van der Waals surface area contributed by atoms with Gasteiger partial charge in [0.15, 0.2) is 11.5 Å². The normalized spacial score (nSPS) is 13.6. The molecule has 1 heterocycles. The standard InChI is InChI=1S/C21H25BrN2O4/c1-26-16-4-5-18(22)17(12-16)21(25)23-7-9-24-8-6-14-10-19(27-2)20(28-3)11-15(14)13-24/h4-5,10-12H,6-9,13H2,1-3H3,(H,23,25). The molecule has 1 aliphatic rings. The van der Waals surface area contributed by atoms with Gasteiger partial charge in [-0.25, -0.2) is 0 Å². The van der Waals surface area contributed by atoms with Crippen molar-refractivity contribution in [2.24, 2.45) is 0 Å². The number of hydrogen-bond donors (Lipinski definition) is 1. The number of ether oxygens (including phenoxy) is 3. The van der Waals surface area contributed by atoms with Crippen LogP contribution in [-0.2, 0) is 13.0 Å². The summed E-state index contributed by atoms with van der Waals surface area (Å²) in [7, 11) is 4.89. The molecule has 2 aromatic carbocycles. The maximum atomic E-state index is 12.5. The minimum absolute atomic E-state index is 0.116. The minimum Gasteiger partial charge on any atom is -0.497 e. The lowest BCUT2D eigenvalue weighted by atomic mass is 9.99. The van der Waals surface area contributed by atoms with E-state index in [4.69, 9.17) is 14.2 Å². The molecule has 0 aromatic heterocycles. The zero-order valence-corrected chi connectivity index (χ0v) is 18.0. The van der Waals surface area contributed by atoms with E-state index in [-0.39, 0.29) is 5.91 Å². The zero-order valence-electron chi connectivity index (χ0n) is 16.4. The van der Waals surface area contributed by atoms with Crippen LogP contribution in [0.4, 0.5) is 0 Å². The maximum absolute atomic E-state index is 12.5. The Morgan fingerprint density at radius 1 is 1.07 bits per heavy atom. The largest absolute Gasteiger partial charge is 0.497 e. The topological polar surface area (TPSA) is 60.0 Å². The predicted molar refractivity (Wildman–Crippen MR) is 112 cm³/mol. The number of fused-ring (bicyclic) bond motifs is 1. The second-order valence-electron chi connectivity index (χ2n) is 6.60. The Bertz CT molecular complexity index is 857. The van der Waals surface area contributed by atoms with Crippen molar-refractivity contribution in [1.29, 1.82) is 0 Å². The molecule has 7 heteroatoms. The van der Waals surface area contributed by atoms with E-state index in [2.05, 4.69) is 32.2 Å². The third-order valence-electron chi connectivity index (χ3n) is 4.93. The second kappa shape index (κ2) is 9.30. The Morgan fingerprint density at radius 3 is 2.46 bits per heavy atom. The Balaban J connectivity index is 1.57. The van der Waals surface area contributed by atoms with Crippen LogP contribution in [0.2, 0.25) is 0 Å². The van der Waals surface area contributed by atoms with E-state index < -0.39 is 0 Å². The highest BCUT2D eigenvalue weighted by atomic mass is 79.9. The zero-order chi connectivity index (χ0) is 20.1. The summed E-state index contributed by atoms with van der Waals surface area (Å²) in [4.78, 5) is 14.8. The first-order valence-corrected chi connectivity index (χ1v) is 9.93. The lowest BCUT2D eigenvalue weighted by Crippen LogP contribution is -2.38. The highest BCUT2D eigenvalue weighted by Crippen LogP contribution is 2.33. The van der Waals surface area contributed by atoms with Gasteiger partial charge in [-0.15, -0.1) is 0 Å². The first kappa shape index (κ1) is 20.5. The molecule has 0 saturated carbocycles. The molecule has 0 unspecified atom stereocenters. The number of nitrogens with zero attached hydrogens (tertiary/aromatic N) is 1. The fourth-order valence-electron chi connectivity index (χ4n) is 3.36. The molecule has 6 nitrogen and oxygen atoms in total. The number of nitrogens with one attached hydrogen (secondary N) is 1. The van der Waals surface area contributed by atoms with Gasteiger partial charge in [-0.3, -0.25) is 9.69 Å². The maximum Gasteiger partial charge on any atom is 0.252 e. The highest BCUT2D eigenvalue weighted by Gasteiger charge is 2.19. The third-order valence-corrected chi connectivity index (χ3v) is 5.62. The summed E-state index contributed by atoms with van der Waals surface area (Å²) >= 11 is 3.42. The molecule has 28 heavy (non-hydrogen) atoms. The summed E-state index contributed by atoms with van der Waals surface area (Å²) in [6.07, 6.45) is 0.949. The van der Waals surface area contributed by atoms with Crippen molar-refractivity contribution in [3.63, 3.8) is 0 Å². The van der Waals surface area contributed by atoms with Crippen molar-refractivity contribution in [1.82, 2.24) is 10.2 Å². The van der Waals surface area contributed by atoms with Crippen molar-refractivity contribution in [3.05, 3.63) is 51.5 Å². The Morgan fingerprint density at radius 2 is 1.79 bits per heavy atom. The monoisotopic (exact) mass is 448 g/mol. The fraction of sp³-hybridized carbons (Fsp3) is 0.381. The van der Waals surface area contributed by atoms with Crippen LogP contribution in [0.1, 0.15) is 21.5 Å².